The summed E-state index contributed by atoms with van der Waals surface area (Å²) in [7, 11) is 1.47. The van der Waals surface area contributed by atoms with Gasteiger partial charge in [-0.15, -0.1) is 0 Å². The van der Waals surface area contributed by atoms with Crippen LogP contribution in [0.5, 0.6) is 17.2 Å². The highest BCUT2D eigenvalue weighted by atomic mass is 79.9. The topological polar surface area (TPSA) is 86.2 Å². The molecule has 0 fully saturated rings. The summed E-state index contributed by atoms with van der Waals surface area (Å²) in [5, 5.41) is 3.98. The van der Waals surface area contributed by atoms with Crippen molar-refractivity contribution in [2.45, 2.75) is 33.1 Å². The van der Waals surface area contributed by atoms with Crippen molar-refractivity contribution in [3.63, 3.8) is 0 Å². The number of esters is 1. The normalized spacial score (nSPS) is 11.7. The number of hydrogen-bond acceptors (Lipinski definition) is 6. The van der Waals surface area contributed by atoms with Gasteiger partial charge in [0.05, 0.1) is 23.4 Å². The fourth-order valence-corrected chi connectivity index (χ4v) is 3.78. The number of halogens is 1. The molecule has 0 saturated heterocycles. The Labute approximate surface area is 219 Å². The van der Waals surface area contributed by atoms with Crippen LogP contribution in [0.1, 0.15) is 53.2 Å². The second-order valence-corrected chi connectivity index (χ2v) is 9.10. The first-order valence-electron chi connectivity index (χ1n) is 11.5. The Morgan fingerprint density at radius 2 is 1.78 bits per heavy atom. The Kier molecular flexibility index (Phi) is 9.64. The van der Waals surface area contributed by atoms with Crippen molar-refractivity contribution >= 4 is 34.0 Å². The van der Waals surface area contributed by atoms with Crippen LogP contribution in [0, 0.1) is 6.92 Å². The minimum Gasteiger partial charge on any atom is -0.493 e. The first-order valence-corrected chi connectivity index (χ1v) is 12.3. The maximum Gasteiger partial charge on any atom is 0.343 e. The van der Waals surface area contributed by atoms with E-state index in [4.69, 9.17) is 14.2 Å². The molecule has 1 N–H and O–H groups in total. The highest BCUT2D eigenvalue weighted by Crippen LogP contribution is 2.37. The molecule has 0 heterocycles. The van der Waals surface area contributed by atoms with Crippen LogP contribution in [-0.2, 0) is 4.79 Å². The van der Waals surface area contributed by atoms with Crippen LogP contribution in [0.2, 0.25) is 0 Å². The molecule has 188 valence electrons. The summed E-state index contributed by atoms with van der Waals surface area (Å²) in [6.45, 7) is 6.09. The number of carbonyl (C=O) groups is 2. The summed E-state index contributed by atoms with van der Waals surface area (Å²) in [5.74, 6) is 0.776. The third-order valence-electron chi connectivity index (χ3n) is 5.57. The molecular formula is C28H29BrN2O5. The van der Waals surface area contributed by atoms with Crippen LogP contribution in [0.4, 0.5) is 0 Å². The first kappa shape index (κ1) is 26.9. The van der Waals surface area contributed by atoms with Gasteiger partial charge in [0.1, 0.15) is 5.75 Å². The monoisotopic (exact) mass is 552 g/mol. The average molecular weight is 553 g/mol. The number of benzene rings is 3. The number of hydrazone groups is 1. The number of nitrogens with one attached hydrogen (secondary N) is 1. The van der Waals surface area contributed by atoms with Crippen molar-refractivity contribution < 1.29 is 23.8 Å². The van der Waals surface area contributed by atoms with E-state index < -0.39 is 11.9 Å². The molecule has 0 aromatic heterocycles. The molecule has 3 rings (SSSR count). The molecule has 0 spiro atoms. The molecule has 0 bridgehead atoms. The summed E-state index contributed by atoms with van der Waals surface area (Å²) < 4.78 is 17.0. The lowest BCUT2D eigenvalue weighted by molar-refractivity contribution is -0.123. The lowest BCUT2D eigenvalue weighted by atomic mass is 9.99. The van der Waals surface area contributed by atoms with E-state index in [9.17, 15) is 9.59 Å². The average Bonchev–Trinajstić information content (AvgIpc) is 2.88. The Morgan fingerprint density at radius 3 is 2.42 bits per heavy atom. The van der Waals surface area contributed by atoms with E-state index in [1.54, 1.807) is 24.3 Å². The van der Waals surface area contributed by atoms with Gasteiger partial charge in [-0.2, -0.15) is 5.10 Å². The molecule has 0 aliphatic rings. The SMILES string of the molecule is CCC(C)c1ccc(OCC(=O)N/N=C\c2cc(Br)c(OC(=O)c3ccc(C)cc3)c(OC)c2)cc1. The second kappa shape index (κ2) is 12.9. The zero-order valence-electron chi connectivity index (χ0n) is 20.7. The highest BCUT2D eigenvalue weighted by Gasteiger charge is 2.17. The van der Waals surface area contributed by atoms with E-state index in [1.165, 1.54) is 18.9 Å². The maximum absolute atomic E-state index is 12.5. The van der Waals surface area contributed by atoms with Crippen molar-refractivity contribution in [2.24, 2.45) is 5.10 Å². The van der Waals surface area contributed by atoms with Crippen molar-refractivity contribution in [3.05, 3.63) is 87.4 Å². The third kappa shape index (κ3) is 7.42. The van der Waals surface area contributed by atoms with E-state index in [0.717, 1.165) is 12.0 Å². The molecule has 7 nitrogen and oxygen atoms in total. The lowest BCUT2D eigenvalue weighted by Gasteiger charge is -2.12. The molecule has 1 amide bonds. The quantitative estimate of drug-likeness (QED) is 0.144. The predicted molar refractivity (Wildman–Crippen MR) is 143 cm³/mol. The molecule has 8 heteroatoms. The van der Waals surface area contributed by atoms with Gasteiger partial charge >= 0.3 is 5.97 Å². The molecule has 1 unspecified atom stereocenters. The molecular weight excluding hydrogens is 524 g/mol. The molecule has 1 atom stereocenters. The van der Waals surface area contributed by atoms with E-state index in [2.05, 4.69) is 40.3 Å². The van der Waals surface area contributed by atoms with Gasteiger partial charge in [-0.3, -0.25) is 4.79 Å². The van der Waals surface area contributed by atoms with E-state index in [0.29, 0.717) is 33.0 Å². The first-order chi connectivity index (χ1) is 17.3. The largest absolute Gasteiger partial charge is 0.493 e. The van der Waals surface area contributed by atoms with Crippen LogP contribution < -0.4 is 19.6 Å². The van der Waals surface area contributed by atoms with Crippen LogP contribution >= 0.6 is 15.9 Å². The fraction of sp³-hybridized carbons (Fsp3) is 0.250. The van der Waals surface area contributed by atoms with E-state index in [1.807, 2.05) is 43.3 Å². The van der Waals surface area contributed by atoms with Crippen molar-refractivity contribution in [3.8, 4) is 17.2 Å². The van der Waals surface area contributed by atoms with Gasteiger partial charge in [0, 0.05) is 0 Å². The zero-order chi connectivity index (χ0) is 26.1. The minimum atomic E-state index is -0.503. The van der Waals surface area contributed by atoms with Crippen LogP contribution in [0.15, 0.2) is 70.2 Å². The zero-order valence-corrected chi connectivity index (χ0v) is 22.3. The molecule has 3 aromatic carbocycles. The summed E-state index contributed by atoms with van der Waals surface area (Å²) >= 11 is 3.42. The van der Waals surface area contributed by atoms with Gasteiger partial charge in [0.15, 0.2) is 18.1 Å². The number of aryl methyl sites for hydroxylation is 1. The Balaban J connectivity index is 1.57. The summed E-state index contributed by atoms with van der Waals surface area (Å²) in [6.07, 6.45) is 2.52. The van der Waals surface area contributed by atoms with Gasteiger partial charge < -0.3 is 14.2 Å². The lowest BCUT2D eigenvalue weighted by Crippen LogP contribution is -2.24. The number of rotatable bonds is 10. The van der Waals surface area contributed by atoms with Gasteiger partial charge in [-0.25, -0.2) is 10.2 Å². The summed E-state index contributed by atoms with van der Waals surface area (Å²) in [5.41, 5.74) is 5.76. The molecule has 0 radical (unpaired) electrons. The number of hydrogen-bond donors (Lipinski definition) is 1. The Hall–Kier alpha value is -3.65. The predicted octanol–water partition coefficient (Wildman–Crippen LogP) is 6.03. The van der Waals surface area contributed by atoms with Crippen LogP contribution in [0.25, 0.3) is 0 Å². The number of methoxy groups -OCH3 is 1. The second-order valence-electron chi connectivity index (χ2n) is 8.25. The number of amides is 1. The van der Waals surface area contributed by atoms with Crippen molar-refractivity contribution in [1.82, 2.24) is 5.43 Å². The number of ether oxygens (including phenoxy) is 3. The summed E-state index contributed by atoms with van der Waals surface area (Å²) in [6, 6.07) is 18.2. The summed E-state index contributed by atoms with van der Waals surface area (Å²) in [4.78, 5) is 24.6. The fourth-order valence-electron chi connectivity index (χ4n) is 3.24. The standard InChI is InChI=1S/C28H29BrN2O5/c1-5-19(3)21-10-12-23(13-11-21)35-17-26(32)31-30-16-20-14-24(29)27(25(15-20)34-4)36-28(33)22-8-6-18(2)7-9-22/h6-16,19H,5,17H2,1-4H3,(H,31,32)/b30-16-. The third-order valence-corrected chi connectivity index (χ3v) is 6.16. The van der Waals surface area contributed by atoms with E-state index >= 15 is 0 Å². The number of nitrogens with zero attached hydrogens (tertiary/aromatic N) is 1. The molecule has 36 heavy (non-hydrogen) atoms. The van der Waals surface area contributed by atoms with Gasteiger partial charge in [-0.05, 0) is 82.7 Å². The van der Waals surface area contributed by atoms with Crippen LogP contribution in [0.3, 0.4) is 0 Å². The van der Waals surface area contributed by atoms with Crippen LogP contribution in [-0.4, -0.2) is 31.8 Å². The molecule has 0 saturated carbocycles. The Bertz CT molecular complexity index is 1220. The highest BCUT2D eigenvalue weighted by molar-refractivity contribution is 9.10. The number of carbonyl (C=O) groups excluding carboxylic acids is 2. The van der Waals surface area contributed by atoms with E-state index in [-0.39, 0.29) is 12.4 Å². The molecule has 3 aromatic rings. The smallest absolute Gasteiger partial charge is 0.343 e. The van der Waals surface area contributed by atoms with Crippen molar-refractivity contribution in [1.29, 1.82) is 0 Å². The van der Waals surface area contributed by atoms with Gasteiger partial charge in [0.2, 0.25) is 0 Å². The molecule has 0 aliphatic heterocycles. The maximum atomic E-state index is 12.5. The minimum absolute atomic E-state index is 0.166. The Morgan fingerprint density at radius 1 is 1.08 bits per heavy atom. The van der Waals surface area contributed by atoms with Gasteiger partial charge in [-0.1, -0.05) is 43.7 Å². The molecule has 0 aliphatic carbocycles. The van der Waals surface area contributed by atoms with Crippen molar-refractivity contribution in [2.75, 3.05) is 13.7 Å². The van der Waals surface area contributed by atoms with Gasteiger partial charge in [0.25, 0.3) is 5.91 Å².